The monoisotopic (exact) mass is 372 g/mol. The zero-order valence-corrected chi connectivity index (χ0v) is 15.7. The molecule has 4 rings (SSSR count). The van der Waals surface area contributed by atoms with Gasteiger partial charge in [0, 0.05) is 42.0 Å². The van der Waals surface area contributed by atoms with Crippen molar-refractivity contribution in [3.8, 4) is 11.5 Å². The van der Waals surface area contributed by atoms with Crippen LogP contribution in [0.4, 0.5) is 0 Å². The number of pyridine rings is 1. The first-order chi connectivity index (χ1) is 13.6. The number of aryl methyl sites for hydroxylation is 1. The van der Waals surface area contributed by atoms with Gasteiger partial charge in [-0.2, -0.15) is 5.10 Å². The van der Waals surface area contributed by atoms with Crippen molar-refractivity contribution in [2.45, 2.75) is 20.4 Å². The van der Waals surface area contributed by atoms with Gasteiger partial charge in [-0.25, -0.2) is 14.6 Å². The van der Waals surface area contributed by atoms with E-state index in [2.05, 4.69) is 20.4 Å². The normalized spacial score (nSPS) is 10.8. The minimum Gasteiger partial charge on any atom is -0.348 e. The summed E-state index contributed by atoms with van der Waals surface area (Å²) in [5.41, 5.74) is 4.47. The summed E-state index contributed by atoms with van der Waals surface area (Å²) >= 11 is 0. The van der Waals surface area contributed by atoms with E-state index < -0.39 is 0 Å². The van der Waals surface area contributed by atoms with Gasteiger partial charge in [0.15, 0.2) is 0 Å². The fourth-order valence-corrected chi connectivity index (χ4v) is 3.12. The molecule has 1 N–H and O–H groups in total. The summed E-state index contributed by atoms with van der Waals surface area (Å²) in [6, 6.07) is 13.4. The highest BCUT2D eigenvalue weighted by molar-refractivity contribution is 5.94. The van der Waals surface area contributed by atoms with E-state index in [1.807, 2.05) is 48.9 Å². The van der Waals surface area contributed by atoms with Crippen molar-refractivity contribution in [3.05, 3.63) is 89.9 Å². The zero-order valence-electron chi connectivity index (χ0n) is 15.7. The van der Waals surface area contributed by atoms with Gasteiger partial charge in [0.25, 0.3) is 5.91 Å². The number of carbonyl (C=O) groups is 1. The Kier molecular flexibility index (Phi) is 4.72. The molecule has 0 aliphatic rings. The number of aromatic nitrogens is 5. The van der Waals surface area contributed by atoms with Crippen LogP contribution in [0, 0.1) is 13.8 Å². The highest BCUT2D eigenvalue weighted by atomic mass is 16.1. The lowest BCUT2D eigenvalue weighted by Gasteiger charge is -2.08. The number of amides is 1. The molecule has 1 amide bonds. The molecule has 140 valence electrons. The molecule has 1 aromatic carbocycles. The molecule has 0 fully saturated rings. The molecule has 0 saturated heterocycles. The lowest BCUT2D eigenvalue weighted by atomic mass is 10.2. The smallest absolute Gasteiger partial charge is 0.251 e. The van der Waals surface area contributed by atoms with Gasteiger partial charge in [-0.05, 0) is 38.1 Å². The van der Waals surface area contributed by atoms with Gasteiger partial charge in [-0.3, -0.25) is 9.36 Å². The third-order valence-electron chi connectivity index (χ3n) is 4.64. The summed E-state index contributed by atoms with van der Waals surface area (Å²) in [5.74, 6) is 0.490. The van der Waals surface area contributed by atoms with E-state index in [4.69, 9.17) is 0 Å². The van der Waals surface area contributed by atoms with Crippen LogP contribution in [0.2, 0.25) is 0 Å². The molecule has 0 unspecified atom stereocenters. The van der Waals surface area contributed by atoms with Crippen molar-refractivity contribution >= 4 is 5.91 Å². The number of imidazole rings is 1. The van der Waals surface area contributed by atoms with Crippen LogP contribution >= 0.6 is 0 Å². The van der Waals surface area contributed by atoms with E-state index in [-0.39, 0.29) is 5.91 Å². The maximum absolute atomic E-state index is 12.6. The SMILES string of the molecule is Cc1nn(-c2ccccc2)c(C)c1CNC(=O)c1ccnc(-n2ccnc2)c1. The van der Waals surface area contributed by atoms with Gasteiger partial charge < -0.3 is 5.32 Å². The average Bonchev–Trinajstić information content (AvgIpc) is 3.36. The summed E-state index contributed by atoms with van der Waals surface area (Å²) in [7, 11) is 0. The molecule has 7 heteroatoms. The van der Waals surface area contributed by atoms with Crippen molar-refractivity contribution in [1.82, 2.24) is 29.6 Å². The predicted molar refractivity (Wildman–Crippen MR) is 106 cm³/mol. The first-order valence-corrected chi connectivity index (χ1v) is 8.96. The molecule has 0 atom stereocenters. The summed E-state index contributed by atoms with van der Waals surface area (Å²) in [4.78, 5) is 20.9. The van der Waals surface area contributed by atoms with E-state index in [1.165, 1.54) is 0 Å². The number of carbonyl (C=O) groups excluding carboxylic acids is 1. The Balaban J connectivity index is 1.52. The first-order valence-electron chi connectivity index (χ1n) is 8.96. The van der Waals surface area contributed by atoms with Gasteiger partial charge in [0.2, 0.25) is 0 Å². The van der Waals surface area contributed by atoms with E-state index in [9.17, 15) is 4.79 Å². The second-order valence-corrected chi connectivity index (χ2v) is 6.45. The second-order valence-electron chi connectivity index (χ2n) is 6.45. The standard InChI is InChI=1S/C21H20N6O/c1-15-19(16(2)27(25-15)18-6-4-3-5-7-18)13-24-21(28)17-8-9-23-20(12-17)26-11-10-22-14-26/h3-12,14H,13H2,1-2H3,(H,24,28). The van der Waals surface area contributed by atoms with Crippen molar-refractivity contribution < 1.29 is 4.79 Å². The molecule has 28 heavy (non-hydrogen) atoms. The van der Waals surface area contributed by atoms with Crippen molar-refractivity contribution in [2.24, 2.45) is 0 Å². The average molecular weight is 372 g/mol. The molecule has 3 aromatic heterocycles. The van der Waals surface area contributed by atoms with Crippen LogP contribution in [0.25, 0.3) is 11.5 Å². The van der Waals surface area contributed by atoms with Gasteiger partial charge in [0.1, 0.15) is 12.1 Å². The minimum atomic E-state index is -0.157. The van der Waals surface area contributed by atoms with Crippen molar-refractivity contribution in [3.63, 3.8) is 0 Å². The molecule has 0 radical (unpaired) electrons. The number of para-hydroxylation sites is 1. The third-order valence-corrected chi connectivity index (χ3v) is 4.64. The topological polar surface area (TPSA) is 77.6 Å². The van der Waals surface area contributed by atoms with E-state index in [1.54, 1.807) is 41.6 Å². The summed E-state index contributed by atoms with van der Waals surface area (Å²) in [6.45, 7) is 4.38. The maximum Gasteiger partial charge on any atom is 0.251 e. The van der Waals surface area contributed by atoms with Crippen LogP contribution in [0.1, 0.15) is 27.3 Å². The van der Waals surface area contributed by atoms with Gasteiger partial charge in [0.05, 0.1) is 11.4 Å². The van der Waals surface area contributed by atoms with Gasteiger partial charge in [-0.1, -0.05) is 18.2 Å². The molecule has 0 aliphatic carbocycles. The molecule has 4 aromatic rings. The van der Waals surface area contributed by atoms with Gasteiger partial charge >= 0.3 is 0 Å². The quantitative estimate of drug-likeness (QED) is 0.584. The Morgan fingerprint density at radius 3 is 2.68 bits per heavy atom. The van der Waals surface area contributed by atoms with Gasteiger partial charge in [-0.15, -0.1) is 0 Å². The van der Waals surface area contributed by atoms with Crippen LogP contribution in [-0.4, -0.2) is 30.2 Å². The van der Waals surface area contributed by atoms with Crippen LogP contribution in [-0.2, 0) is 6.54 Å². The molecule has 3 heterocycles. The number of hydrogen-bond acceptors (Lipinski definition) is 4. The number of nitrogens with zero attached hydrogens (tertiary/aromatic N) is 5. The Hall–Kier alpha value is -3.74. The lowest BCUT2D eigenvalue weighted by molar-refractivity contribution is 0.0950. The minimum absolute atomic E-state index is 0.157. The predicted octanol–water partition coefficient (Wildman–Crippen LogP) is 3.00. The fourth-order valence-electron chi connectivity index (χ4n) is 3.12. The first kappa shape index (κ1) is 17.7. The Morgan fingerprint density at radius 2 is 1.93 bits per heavy atom. The lowest BCUT2D eigenvalue weighted by Crippen LogP contribution is -2.23. The second kappa shape index (κ2) is 7.48. The highest BCUT2D eigenvalue weighted by Crippen LogP contribution is 2.18. The zero-order chi connectivity index (χ0) is 19.5. The van der Waals surface area contributed by atoms with Crippen LogP contribution in [0.5, 0.6) is 0 Å². The molecule has 7 nitrogen and oxygen atoms in total. The summed E-state index contributed by atoms with van der Waals surface area (Å²) < 4.78 is 3.66. The van der Waals surface area contributed by atoms with Crippen molar-refractivity contribution in [2.75, 3.05) is 0 Å². The molecule has 0 bridgehead atoms. The van der Waals surface area contributed by atoms with Crippen molar-refractivity contribution in [1.29, 1.82) is 0 Å². The Labute approximate surface area is 162 Å². The summed E-state index contributed by atoms with van der Waals surface area (Å²) in [6.07, 6.45) is 6.72. The number of hydrogen-bond donors (Lipinski definition) is 1. The molecule has 0 aliphatic heterocycles. The fraction of sp³-hybridized carbons (Fsp3) is 0.143. The van der Waals surface area contributed by atoms with E-state index in [0.717, 1.165) is 22.6 Å². The number of rotatable bonds is 5. The highest BCUT2D eigenvalue weighted by Gasteiger charge is 2.14. The molecule has 0 saturated carbocycles. The van der Waals surface area contributed by atoms with E-state index in [0.29, 0.717) is 17.9 Å². The maximum atomic E-state index is 12.6. The van der Waals surface area contributed by atoms with Crippen LogP contribution in [0.15, 0.2) is 67.4 Å². The number of nitrogens with one attached hydrogen (secondary N) is 1. The largest absolute Gasteiger partial charge is 0.348 e. The molecular formula is C21H20N6O. The molecule has 0 spiro atoms. The van der Waals surface area contributed by atoms with Crippen LogP contribution in [0.3, 0.4) is 0 Å². The van der Waals surface area contributed by atoms with E-state index >= 15 is 0 Å². The van der Waals surface area contributed by atoms with Crippen LogP contribution < -0.4 is 5.32 Å². The third kappa shape index (κ3) is 3.42. The molecular weight excluding hydrogens is 352 g/mol. The summed E-state index contributed by atoms with van der Waals surface area (Å²) in [5, 5.41) is 7.61. The Bertz CT molecular complexity index is 1100. The Morgan fingerprint density at radius 1 is 1.11 bits per heavy atom. The number of benzene rings is 1.